The standard InChI is InChI=1S/C12H22N6.HI/c1-4-13-12(14-7-10-5-6-10)15-8-11-17-16-9(2)18(11)3;/h10H,4-8H2,1-3H3,(H2,13,14,15);1H. The van der Waals surface area contributed by atoms with Crippen LogP contribution in [0.2, 0.25) is 0 Å². The van der Waals surface area contributed by atoms with E-state index in [1.807, 2.05) is 18.5 Å². The summed E-state index contributed by atoms with van der Waals surface area (Å²) >= 11 is 0. The molecule has 0 bridgehead atoms. The molecule has 0 radical (unpaired) electrons. The summed E-state index contributed by atoms with van der Waals surface area (Å²) in [6.45, 7) is 6.45. The van der Waals surface area contributed by atoms with Crippen LogP contribution in [0.3, 0.4) is 0 Å². The Balaban J connectivity index is 0.00000180. The van der Waals surface area contributed by atoms with Gasteiger partial charge in [-0.15, -0.1) is 34.2 Å². The molecule has 7 heteroatoms. The Hall–Kier alpha value is -0.860. The molecular weight excluding hydrogens is 355 g/mol. The van der Waals surface area contributed by atoms with Gasteiger partial charge in [-0.1, -0.05) is 0 Å². The van der Waals surface area contributed by atoms with E-state index >= 15 is 0 Å². The quantitative estimate of drug-likeness (QED) is 0.459. The molecule has 1 aromatic heterocycles. The van der Waals surface area contributed by atoms with Crippen molar-refractivity contribution in [3.8, 4) is 0 Å². The van der Waals surface area contributed by atoms with Gasteiger partial charge in [0.05, 0.1) is 0 Å². The maximum atomic E-state index is 4.53. The van der Waals surface area contributed by atoms with Gasteiger partial charge < -0.3 is 15.2 Å². The number of aromatic nitrogens is 3. The number of rotatable bonds is 5. The molecule has 1 fully saturated rings. The maximum Gasteiger partial charge on any atom is 0.191 e. The van der Waals surface area contributed by atoms with Crippen molar-refractivity contribution >= 4 is 29.9 Å². The summed E-state index contributed by atoms with van der Waals surface area (Å²) in [5, 5.41) is 14.7. The van der Waals surface area contributed by atoms with Crippen LogP contribution in [-0.4, -0.2) is 33.8 Å². The average molecular weight is 378 g/mol. The second-order valence-electron chi connectivity index (χ2n) is 4.74. The highest BCUT2D eigenvalue weighted by Gasteiger charge is 2.21. The van der Waals surface area contributed by atoms with Gasteiger partial charge in [-0.25, -0.2) is 4.99 Å². The van der Waals surface area contributed by atoms with Gasteiger partial charge in [0.15, 0.2) is 11.8 Å². The predicted molar refractivity (Wildman–Crippen MR) is 86.7 cm³/mol. The number of aryl methyl sites for hydroxylation is 1. The molecule has 1 aliphatic rings. The molecule has 0 saturated heterocycles. The molecular formula is C12H23IN6. The lowest BCUT2D eigenvalue weighted by molar-refractivity contribution is 0.726. The zero-order valence-electron chi connectivity index (χ0n) is 11.8. The van der Waals surface area contributed by atoms with Crippen molar-refractivity contribution in [2.45, 2.75) is 33.2 Å². The molecule has 0 aromatic carbocycles. The fraction of sp³-hybridized carbons (Fsp3) is 0.750. The topological polar surface area (TPSA) is 67.1 Å². The van der Waals surface area contributed by atoms with Crippen LogP contribution >= 0.6 is 24.0 Å². The van der Waals surface area contributed by atoms with Crippen LogP contribution in [0.5, 0.6) is 0 Å². The van der Waals surface area contributed by atoms with Crippen LogP contribution in [0, 0.1) is 12.8 Å². The first kappa shape index (κ1) is 16.2. The lowest BCUT2D eigenvalue weighted by Gasteiger charge is -2.10. The molecule has 0 amide bonds. The van der Waals surface area contributed by atoms with Crippen molar-refractivity contribution in [3.63, 3.8) is 0 Å². The first-order chi connectivity index (χ1) is 8.70. The third kappa shape index (κ3) is 4.96. The molecule has 2 rings (SSSR count). The van der Waals surface area contributed by atoms with Gasteiger partial charge in [-0.05, 0) is 32.6 Å². The van der Waals surface area contributed by atoms with Crippen LogP contribution in [0.15, 0.2) is 4.99 Å². The Labute approximate surface area is 131 Å². The van der Waals surface area contributed by atoms with Gasteiger partial charge in [-0.2, -0.15) is 0 Å². The summed E-state index contributed by atoms with van der Waals surface area (Å²) in [5.74, 6) is 3.50. The summed E-state index contributed by atoms with van der Waals surface area (Å²) in [5.41, 5.74) is 0. The first-order valence-electron chi connectivity index (χ1n) is 6.57. The van der Waals surface area contributed by atoms with E-state index in [0.29, 0.717) is 6.54 Å². The molecule has 0 spiro atoms. The monoisotopic (exact) mass is 378 g/mol. The number of hydrogen-bond donors (Lipinski definition) is 2. The van der Waals surface area contributed by atoms with Gasteiger partial charge in [0.1, 0.15) is 12.4 Å². The van der Waals surface area contributed by atoms with Crippen molar-refractivity contribution in [1.82, 2.24) is 25.4 Å². The van der Waals surface area contributed by atoms with E-state index in [1.165, 1.54) is 12.8 Å². The van der Waals surface area contributed by atoms with Crippen molar-refractivity contribution in [2.24, 2.45) is 18.0 Å². The van der Waals surface area contributed by atoms with Crippen LogP contribution in [0.1, 0.15) is 31.4 Å². The molecule has 1 saturated carbocycles. The van der Waals surface area contributed by atoms with Crippen molar-refractivity contribution < 1.29 is 0 Å². The van der Waals surface area contributed by atoms with Crippen LogP contribution in [0.25, 0.3) is 0 Å². The molecule has 108 valence electrons. The molecule has 1 heterocycles. The average Bonchev–Trinajstić information content (AvgIpc) is 3.13. The normalized spacial score (nSPS) is 15.0. The minimum atomic E-state index is 0. The van der Waals surface area contributed by atoms with E-state index < -0.39 is 0 Å². The van der Waals surface area contributed by atoms with Crippen molar-refractivity contribution in [2.75, 3.05) is 13.1 Å². The lowest BCUT2D eigenvalue weighted by atomic mass is 10.4. The molecule has 0 unspecified atom stereocenters. The molecule has 2 N–H and O–H groups in total. The van der Waals surface area contributed by atoms with Gasteiger partial charge >= 0.3 is 0 Å². The predicted octanol–water partition coefficient (Wildman–Crippen LogP) is 1.21. The van der Waals surface area contributed by atoms with E-state index in [4.69, 9.17) is 0 Å². The molecule has 1 aromatic rings. The minimum absolute atomic E-state index is 0. The van der Waals surface area contributed by atoms with Crippen molar-refractivity contribution in [1.29, 1.82) is 0 Å². The molecule has 0 aliphatic heterocycles. The minimum Gasteiger partial charge on any atom is -0.357 e. The zero-order valence-corrected chi connectivity index (χ0v) is 14.1. The highest BCUT2D eigenvalue weighted by atomic mass is 127. The Morgan fingerprint density at radius 3 is 2.63 bits per heavy atom. The number of aliphatic imine (C=N–C) groups is 1. The van der Waals surface area contributed by atoms with E-state index in [2.05, 4.69) is 32.7 Å². The Bertz CT molecular complexity index is 424. The zero-order chi connectivity index (χ0) is 13.0. The Kier molecular flexibility index (Phi) is 6.53. The first-order valence-corrected chi connectivity index (χ1v) is 6.57. The highest BCUT2D eigenvalue weighted by molar-refractivity contribution is 14.0. The number of hydrogen-bond acceptors (Lipinski definition) is 3. The Morgan fingerprint density at radius 1 is 1.37 bits per heavy atom. The van der Waals surface area contributed by atoms with Crippen LogP contribution in [0.4, 0.5) is 0 Å². The molecule has 19 heavy (non-hydrogen) atoms. The summed E-state index contributed by atoms with van der Waals surface area (Å²) in [6, 6.07) is 0. The summed E-state index contributed by atoms with van der Waals surface area (Å²) in [4.78, 5) is 4.53. The number of nitrogens with zero attached hydrogens (tertiary/aromatic N) is 4. The third-order valence-electron chi connectivity index (χ3n) is 3.16. The SMILES string of the molecule is CCNC(=NCc1nnc(C)n1C)NCC1CC1.I. The smallest absolute Gasteiger partial charge is 0.191 e. The number of guanidine groups is 1. The molecule has 0 atom stereocenters. The summed E-state index contributed by atoms with van der Waals surface area (Å²) in [6.07, 6.45) is 2.68. The van der Waals surface area contributed by atoms with E-state index in [1.54, 1.807) is 0 Å². The second-order valence-corrected chi connectivity index (χ2v) is 4.74. The van der Waals surface area contributed by atoms with E-state index in [-0.39, 0.29) is 24.0 Å². The highest BCUT2D eigenvalue weighted by Crippen LogP contribution is 2.27. The van der Waals surface area contributed by atoms with Gasteiger partial charge in [0.2, 0.25) is 0 Å². The van der Waals surface area contributed by atoms with Gasteiger partial charge in [0, 0.05) is 20.1 Å². The molecule has 6 nitrogen and oxygen atoms in total. The van der Waals surface area contributed by atoms with Gasteiger partial charge in [-0.3, -0.25) is 0 Å². The third-order valence-corrected chi connectivity index (χ3v) is 3.16. The summed E-state index contributed by atoms with van der Waals surface area (Å²) in [7, 11) is 1.96. The fourth-order valence-electron chi connectivity index (χ4n) is 1.64. The Morgan fingerprint density at radius 2 is 2.11 bits per heavy atom. The lowest BCUT2D eigenvalue weighted by Crippen LogP contribution is -2.38. The largest absolute Gasteiger partial charge is 0.357 e. The van der Waals surface area contributed by atoms with Gasteiger partial charge in [0.25, 0.3) is 0 Å². The van der Waals surface area contributed by atoms with E-state index in [9.17, 15) is 0 Å². The second kappa shape index (κ2) is 7.66. The maximum absolute atomic E-state index is 4.53. The molecule has 1 aliphatic carbocycles. The fourth-order valence-corrected chi connectivity index (χ4v) is 1.64. The summed E-state index contributed by atoms with van der Waals surface area (Å²) < 4.78 is 1.97. The number of nitrogens with one attached hydrogen (secondary N) is 2. The van der Waals surface area contributed by atoms with Crippen molar-refractivity contribution in [3.05, 3.63) is 11.6 Å². The van der Waals surface area contributed by atoms with Crippen LogP contribution < -0.4 is 10.6 Å². The van der Waals surface area contributed by atoms with Crippen LogP contribution in [-0.2, 0) is 13.6 Å². The number of halogens is 1. The van der Waals surface area contributed by atoms with E-state index in [0.717, 1.165) is 36.6 Å².